The molecule has 2 aliphatic heterocycles. The number of anilines is 1. The fourth-order valence-corrected chi connectivity index (χ4v) is 4.22. The van der Waals surface area contributed by atoms with Gasteiger partial charge in [-0.25, -0.2) is 0 Å². The Bertz CT molecular complexity index is 1030. The molecule has 2 aromatic carbocycles. The van der Waals surface area contributed by atoms with Gasteiger partial charge in [-0.2, -0.15) is 0 Å². The van der Waals surface area contributed by atoms with Crippen LogP contribution >= 0.6 is 0 Å². The molecule has 0 atom stereocenters. The van der Waals surface area contributed by atoms with Crippen LogP contribution in [-0.4, -0.2) is 81.1 Å². The average Bonchev–Trinajstić information content (AvgIpc) is 3.08. The number of methoxy groups -OCH3 is 2. The molecule has 1 saturated heterocycles. The molecular formula is C24H27N3O5. The first-order valence-corrected chi connectivity index (χ1v) is 10.7. The largest absolute Gasteiger partial charge is 0.495 e. The normalized spacial score (nSPS) is 15.9. The van der Waals surface area contributed by atoms with Gasteiger partial charge in [-0.3, -0.25) is 19.3 Å². The molecule has 4 rings (SSSR count). The van der Waals surface area contributed by atoms with Crippen LogP contribution in [0.25, 0.3) is 0 Å². The van der Waals surface area contributed by atoms with Crippen LogP contribution in [0.2, 0.25) is 0 Å². The van der Waals surface area contributed by atoms with E-state index in [0.717, 1.165) is 11.4 Å². The number of carbonyl (C=O) groups excluding carboxylic acids is 3. The highest BCUT2D eigenvalue weighted by Crippen LogP contribution is 2.29. The van der Waals surface area contributed by atoms with Crippen LogP contribution < -0.4 is 9.64 Å². The van der Waals surface area contributed by atoms with Gasteiger partial charge in [0, 0.05) is 52.0 Å². The maximum Gasteiger partial charge on any atom is 0.261 e. The zero-order valence-electron chi connectivity index (χ0n) is 18.4. The lowest BCUT2D eigenvalue weighted by Gasteiger charge is -2.36. The SMILES string of the molecule is COCCCN1C(=O)c2ccc(C(=O)N3CCN(c4ccccc4OC)CC3)cc2C1=O. The van der Waals surface area contributed by atoms with Crippen LogP contribution in [0, 0.1) is 0 Å². The van der Waals surface area contributed by atoms with Gasteiger partial charge in [-0.1, -0.05) is 12.1 Å². The first-order valence-electron chi connectivity index (χ1n) is 10.7. The minimum atomic E-state index is -0.350. The number of carbonyl (C=O) groups is 3. The van der Waals surface area contributed by atoms with Crippen LogP contribution in [0.15, 0.2) is 42.5 Å². The Morgan fingerprint density at radius 1 is 0.938 bits per heavy atom. The van der Waals surface area contributed by atoms with Gasteiger partial charge in [0.1, 0.15) is 5.75 Å². The zero-order valence-corrected chi connectivity index (χ0v) is 18.4. The molecule has 2 aromatic rings. The highest BCUT2D eigenvalue weighted by Gasteiger charge is 2.36. The Morgan fingerprint density at radius 2 is 1.66 bits per heavy atom. The van der Waals surface area contributed by atoms with Crippen molar-refractivity contribution in [3.05, 3.63) is 59.2 Å². The molecule has 0 spiro atoms. The van der Waals surface area contributed by atoms with E-state index in [1.807, 2.05) is 24.3 Å². The standard InChI is InChI=1S/C24H27N3O5/c1-31-15-5-10-27-23(29)18-9-8-17(16-19(18)24(27)30)22(28)26-13-11-25(12-14-26)20-6-3-4-7-21(20)32-2/h3-4,6-9,16H,5,10-15H2,1-2H3. The number of nitrogens with zero attached hydrogens (tertiary/aromatic N) is 3. The summed E-state index contributed by atoms with van der Waals surface area (Å²) in [5.74, 6) is 0.0111. The van der Waals surface area contributed by atoms with Gasteiger partial charge in [0.25, 0.3) is 17.7 Å². The molecule has 0 unspecified atom stereocenters. The van der Waals surface area contributed by atoms with Crippen molar-refractivity contribution in [3.8, 4) is 5.75 Å². The van der Waals surface area contributed by atoms with Crippen molar-refractivity contribution in [2.75, 3.05) is 58.5 Å². The molecule has 0 aliphatic carbocycles. The summed E-state index contributed by atoms with van der Waals surface area (Å²) in [7, 11) is 3.23. The van der Waals surface area contributed by atoms with Crippen LogP contribution in [-0.2, 0) is 4.74 Å². The Hall–Kier alpha value is -3.39. The Morgan fingerprint density at radius 3 is 2.38 bits per heavy atom. The van der Waals surface area contributed by atoms with E-state index in [1.165, 1.54) is 4.90 Å². The summed E-state index contributed by atoms with van der Waals surface area (Å²) in [6.45, 7) is 3.25. The number of benzene rings is 2. The molecule has 8 heteroatoms. The molecule has 0 bridgehead atoms. The zero-order chi connectivity index (χ0) is 22.7. The highest BCUT2D eigenvalue weighted by molar-refractivity contribution is 6.22. The summed E-state index contributed by atoms with van der Waals surface area (Å²) < 4.78 is 10.5. The highest BCUT2D eigenvalue weighted by atomic mass is 16.5. The Labute approximate surface area is 187 Å². The molecule has 3 amide bonds. The molecule has 8 nitrogen and oxygen atoms in total. The number of hydrogen-bond acceptors (Lipinski definition) is 6. The fraction of sp³-hybridized carbons (Fsp3) is 0.375. The summed E-state index contributed by atoms with van der Waals surface area (Å²) >= 11 is 0. The van der Waals surface area contributed by atoms with Crippen LogP contribution in [0.3, 0.4) is 0 Å². The fourth-order valence-electron chi connectivity index (χ4n) is 4.22. The monoisotopic (exact) mass is 437 g/mol. The minimum Gasteiger partial charge on any atom is -0.495 e. The predicted molar refractivity (Wildman–Crippen MR) is 119 cm³/mol. The number of hydrogen-bond donors (Lipinski definition) is 0. The second kappa shape index (κ2) is 9.40. The molecule has 168 valence electrons. The summed E-state index contributed by atoms with van der Waals surface area (Å²) in [6.07, 6.45) is 0.574. The van der Waals surface area contributed by atoms with Gasteiger partial charge in [0.15, 0.2) is 0 Å². The van der Waals surface area contributed by atoms with Gasteiger partial charge >= 0.3 is 0 Å². The number of ether oxygens (including phenoxy) is 2. The summed E-state index contributed by atoms with van der Waals surface area (Å²) in [6, 6.07) is 12.6. The second-order valence-corrected chi connectivity index (χ2v) is 7.82. The third-order valence-corrected chi connectivity index (χ3v) is 5.94. The molecule has 1 fully saturated rings. The van der Waals surface area contributed by atoms with E-state index in [4.69, 9.17) is 9.47 Å². The van der Waals surface area contributed by atoms with Crippen LogP contribution in [0.1, 0.15) is 37.5 Å². The van der Waals surface area contributed by atoms with Gasteiger partial charge in [0.05, 0.1) is 23.9 Å². The van der Waals surface area contributed by atoms with E-state index in [2.05, 4.69) is 4.90 Å². The summed E-state index contributed by atoms with van der Waals surface area (Å²) in [5, 5.41) is 0. The molecule has 0 radical (unpaired) electrons. The van der Waals surface area contributed by atoms with Crippen molar-refractivity contribution >= 4 is 23.4 Å². The first kappa shape index (κ1) is 21.8. The molecule has 2 heterocycles. The van der Waals surface area contributed by atoms with E-state index in [0.29, 0.717) is 62.4 Å². The number of imide groups is 1. The second-order valence-electron chi connectivity index (χ2n) is 7.82. The van der Waals surface area contributed by atoms with Gasteiger partial charge < -0.3 is 19.3 Å². The van der Waals surface area contributed by atoms with Crippen LogP contribution in [0.5, 0.6) is 5.75 Å². The smallest absolute Gasteiger partial charge is 0.261 e. The molecule has 0 N–H and O–H groups in total. The van der Waals surface area contributed by atoms with E-state index >= 15 is 0 Å². The van der Waals surface area contributed by atoms with Crippen molar-refractivity contribution in [1.29, 1.82) is 0 Å². The Kier molecular flexibility index (Phi) is 6.41. The number of piperazine rings is 1. The molecule has 0 saturated carbocycles. The van der Waals surface area contributed by atoms with Crippen molar-refractivity contribution in [1.82, 2.24) is 9.80 Å². The quantitative estimate of drug-likeness (QED) is 0.489. The number of fused-ring (bicyclic) bond motifs is 1. The lowest BCUT2D eigenvalue weighted by Crippen LogP contribution is -2.48. The third-order valence-electron chi connectivity index (χ3n) is 5.94. The van der Waals surface area contributed by atoms with E-state index in [-0.39, 0.29) is 17.7 Å². The lowest BCUT2D eigenvalue weighted by molar-refractivity contribution is 0.0638. The number of rotatable bonds is 7. The van der Waals surface area contributed by atoms with Gasteiger partial charge in [-0.15, -0.1) is 0 Å². The summed E-state index contributed by atoms with van der Waals surface area (Å²) in [4.78, 5) is 43.6. The van der Waals surface area contributed by atoms with E-state index < -0.39 is 0 Å². The number of para-hydroxylation sites is 2. The van der Waals surface area contributed by atoms with Crippen molar-refractivity contribution in [3.63, 3.8) is 0 Å². The summed E-state index contributed by atoms with van der Waals surface area (Å²) in [5.41, 5.74) is 2.09. The average molecular weight is 437 g/mol. The topological polar surface area (TPSA) is 79.4 Å². The first-order chi connectivity index (χ1) is 15.5. The van der Waals surface area contributed by atoms with Gasteiger partial charge in [-0.05, 0) is 36.8 Å². The van der Waals surface area contributed by atoms with Crippen molar-refractivity contribution in [2.24, 2.45) is 0 Å². The molecule has 2 aliphatic rings. The van der Waals surface area contributed by atoms with Crippen LogP contribution in [0.4, 0.5) is 5.69 Å². The number of amides is 3. The van der Waals surface area contributed by atoms with E-state index in [1.54, 1.807) is 37.3 Å². The van der Waals surface area contributed by atoms with E-state index in [9.17, 15) is 14.4 Å². The third kappa shape index (κ3) is 4.05. The minimum absolute atomic E-state index is 0.134. The van der Waals surface area contributed by atoms with Crippen molar-refractivity contribution < 1.29 is 23.9 Å². The molecule has 32 heavy (non-hydrogen) atoms. The van der Waals surface area contributed by atoms with Gasteiger partial charge in [0.2, 0.25) is 0 Å². The maximum atomic E-state index is 13.1. The molecular weight excluding hydrogens is 410 g/mol. The maximum absolute atomic E-state index is 13.1. The molecule has 0 aromatic heterocycles. The predicted octanol–water partition coefficient (Wildman–Crippen LogP) is 2.29. The Balaban J connectivity index is 1.43. The van der Waals surface area contributed by atoms with Crippen molar-refractivity contribution in [2.45, 2.75) is 6.42 Å². The lowest BCUT2D eigenvalue weighted by atomic mass is 10.0.